The summed E-state index contributed by atoms with van der Waals surface area (Å²) >= 11 is 0. The number of aromatic nitrogens is 2. The van der Waals surface area contributed by atoms with Gasteiger partial charge in [0.25, 0.3) is 11.8 Å². The number of anilines is 1. The minimum atomic E-state index is -3.81. The molecule has 1 unspecified atom stereocenters. The number of benzene rings is 2. The van der Waals surface area contributed by atoms with E-state index < -0.39 is 39.1 Å². The van der Waals surface area contributed by atoms with E-state index in [0.29, 0.717) is 31.9 Å². The fourth-order valence-corrected chi connectivity index (χ4v) is 11.3. The van der Waals surface area contributed by atoms with Crippen LogP contribution < -0.4 is 24.4 Å². The molecule has 1 spiro atoms. The first kappa shape index (κ1) is 46.8. The van der Waals surface area contributed by atoms with Gasteiger partial charge < -0.3 is 29.3 Å². The van der Waals surface area contributed by atoms with E-state index >= 15 is 4.21 Å². The number of carbonyl (C=O) groups excluding carboxylic acids is 4. The minimum absolute atomic E-state index is 0.0351. The topological polar surface area (TPSA) is 174 Å². The molecule has 2 aliphatic carbocycles. The maximum atomic E-state index is 15.2. The van der Waals surface area contributed by atoms with Crippen molar-refractivity contribution in [1.82, 2.24) is 24.7 Å². The van der Waals surface area contributed by atoms with Crippen molar-refractivity contribution < 1.29 is 37.6 Å². The third-order valence-corrected chi connectivity index (χ3v) is 15.9. The summed E-state index contributed by atoms with van der Waals surface area (Å²) in [5, 5.41) is 6.54. The van der Waals surface area contributed by atoms with Gasteiger partial charge in [0.15, 0.2) is 0 Å². The normalized spacial score (nSPS) is 27.4. The van der Waals surface area contributed by atoms with Gasteiger partial charge in [0, 0.05) is 55.8 Å². The minimum Gasteiger partial charge on any atom is -0.490 e. The maximum Gasteiger partial charge on any atom is 0.326 e. The largest absolute Gasteiger partial charge is 0.490 e. The molecular weight excluding hydrogens is 835 g/mol. The summed E-state index contributed by atoms with van der Waals surface area (Å²) in [5.41, 5.74) is 4.19. The Kier molecular flexibility index (Phi) is 13.7. The van der Waals surface area contributed by atoms with E-state index in [1.807, 2.05) is 39.8 Å². The number of allylic oxidation sites excluding steroid dienone is 1. The number of amides is 3. The van der Waals surface area contributed by atoms with Gasteiger partial charge in [0.2, 0.25) is 11.8 Å². The van der Waals surface area contributed by atoms with Crippen LogP contribution in [-0.2, 0) is 43.1 Å². The van der Waals surface area contributed by atoms with Crippen LogP contribution in [0.5, 0.6) is 11.6 Å². The van der Waals surface area contributed by atoms with E-state index in [4.69, 9.17) is 14.2 Å². The van der Waals surface area contributed by atoms with Crippen LogP contribution in [-0.4, -0.2) is 106 Å². The second-order valence-corrected chi connectivity index (χ2v) is 21.7. The van der Waals surface area contributed by atoms with Crippen LogP contribution in [0.25, 0.3) is 0 Å². The van der Waals surface area contributed by atoms with Gasteiger partial charge in [-0.3, -0.25) is 28.6 Å². The summed E-state index contributed by atoms with van der Waals surface area (Å²) in [7, 11) is 0.814. The molecule has 2 N–H and O–H groups in total. The molecular formula is C48H65N7O8S. The maximum absolute atomic E-state index is 15.2. The van der Waals surface area contributed by atoms with Crippen molar-refractivity contribution in [3.63, 3.8) is 0 Å². The van der Waals surface area contributed by atoms with Crippen molar-refractivity contribution >= 4 is 39.3 Å². The summed E-state index contributed by atoms with van der Waals surface area (Å²) in [6, 6.07) is 11.9. The molecule has 3 aromatic rings. The average Bonchev–Trinajstić information content (AvgIpc) is 3.55. The third-order valence-electron chi connectivity index (χ3n) is 13.5. The molecule has 15 nitrogen and oxygen atoms in total. The number of hydrogen-bond acceptors (Lipinski definition) is 11. The first-order valence-electron chi connectivity index (χ1n) is 22.4. The standard InChI is InChI=1S/C48H65N7O8S/c1-30-15-19-38-33(22-30)13-11-21-48(38)28-55-25-35-16-18-36(35)40(63-43(57)27-53(7)42(56)24-49-47(4,5)6)14-10-12-31(2)32(3)64(60,52-45(59)37-26-54(8)50-46(37)61-9)51-44(58)34-17-20-41(62-29-48)39(55)23-34/h10,14-15,17,19-20,22-23,26,31-32,35-36,40,49H,11-13,16,18,21,24-25,27-29H2,1-9H3,(H,51,52,58,59,60)/b14-10+/t31-,32+,35-,36+,40-,48-,64?/m0/s1. The van der Waals surface area contributed by atoms with Crippen LogP contribution >= 0.6 is 0 Å². The molecule has 64 heavy (non-hydrogen) atoms. The van der Waals surface area contributed by atoms with Crippen LogP contribution in [0.4, 0.5) is 5.69 Å². The Balaban J connectivity index is 1.28. The monoisotopic (exact) mass is 899 g/mol. The number of nitrogens with one attached hydrogen (secondary N) is 2. The van der Waals surface area contributed by atoms with Crippen LogP contribution in [0.1, 0.15) is 104 Å². The Morgan fingerprint density at radius 1 is 1.11 bits per heavy atom. The highest BCUT2D eigenvalue weighted by atomic mass is 32.2. The third kappa shape index (κ3) is 10.2. The highest BCUT2D eigenvalue weighted by Gasteiger charge is 2.45. The summed E-state index contributed by atoms with van der Waals surface area (Å²) in [6.07, 6.45) is 9.70. The first-order chi connectivity index (χ1) is 30.3. The summed E-state index contributed by atoms with van der Waals surface area (Å²) in [4.78, 5) is 58.6. The quantitative estimate of drug-likeness (QED) is 0.203. The summed E-state index contributed by atoms with van der Waals surface area (Å²) < 4.78 is 42.0. The lowest BCUT2D eigenvalue weighted by Gasteiger charge is -2.46. The van der Waals surface area contributed by atoms with Gasteiger partial charge in [-0.25, -0.2) is 4.21 Å². The molecule has 7 rings (SSSR count). The molecule has 7 atom stereocenters. The Bertz CT molecular complexity index is 2430. The van der Waals surface area contributed by atoms with E-state index in [-0.39, 0.29) is 64.7 Å². The van der Waals surface area contributed by atoms with Crippen LogP contribution in [0.15, 0.2) is 59.1 Å². The Morgan fingerprint density at radius 3 is 2.61 bits per heavy atom. The Morgan fingerprint density at radius 2 is 1.89 bits per heavy atom. The van der Waals surface area contributed by atoms with Crippen molar-refractivity contribution in [1.29, 1.82) is 0 Å². The zero-order valence-electron chi connectivity index (χ0n) is 38.8. The van der Waals surface area contributed by atoms with Gasteiger partial charge in [-0.05, 0) is 120 Å². The second kappa shape index (κ2) is 18.7. The van der Waals surface area contributed by atoms with Crippen molar-refractivity contribution in [3.8, 4) is 11.6 Å². The smallest absolute Gasteiger partial charge is 0.326 e. The molecule has 2 aliphatic heterocycles. The number of rotatable bonds is 8. The molecule has 2 bridgehead atoms. The summed E-state index contributed by atoms with van der Waals surface area (Å²) in [5.74, 6) is -1.82. The van der Waals surface area contributed by atoms with E-state index in [0.717, 1.165) is 37.8 Å². The molecule has 3 amide bonds. The lowest BCUT2D eigenvalue weighted by Crippen LogP contribution is -2.50. The van der Waals surface area contributed by atoms with Gasteiger partial charge >= 0.3 is 5.97 Å². The average molecular weight is 900 g/mol. The van der Waals surface area contributed by atoms with E-state index in [1.165, 1.54) is 39.6 Å². The van der Waals surface area contributed by atoms with Crippen LogP contribution in [0.3, 0.4) is 0 Å². The van der Waals surface area contributed by atoms with Gasteiger partial charge in [-0.1, -0.05) is 36.8 Å². The zero-order valence-corrected chi connectivity index (χ0v) is 39.6. The molecule has 4 aliphatic rings. The number of esters is 1. The van der Waals surface area contributed by atoms with Crippen molar-refractivity contribution in [3.05, 3.63) is 82.6 Å². The molecule has 0 radical (unpaired) electrons. The number of ether oxygens (including phenoxy) is 3. The highest BCUT2D eigenvalue weighted by molar-refractivity contribution is 7.93. The first-order valence-corrected chi connectivity index (χ1v) is 24.0. The van der Waals surface area contributed by atoms with Gasteiger partial charge in [-0.2, -0.15) is 0 Å². The number of hydrogen-bond donors (Lipinski definition) is 2. The number of likely N-dealkylation sites (N-methyl/N-ethyl adjacent to an activating group) is 1. The van der Waals surface area contributed by atoms with Crippen LogP contribution in [0, 0.1) is 24.7 Å². The molecule has 2 aromatic carbocycles. The van der Waals surface area contributed by atoms with Crippen molar-refractivity contribution in [2.24, 2.45) is 29.2 Å². The van der Waals surface area contributed by atoms with E-state index in [2.05, 4.69) is 49.5 Å². The predicted octanol–water partition coefficient (Wildman–Crippen LogP) is 5.93. The van der Waals surface area contributed by atoms with Gasteiger partial charge in [0.05, 0.1) is 31.2 Å². The SMILES string of the molecule is COc1nn(C)cc1C(=O)NS1(=O)=NC(=O)c2ccc3c(c2)N(C[C@@H]2CC[C@H]2[C@@H](OC(=O)CN(C)C(=O)CNC(C)(C)C)/C=C/C[C@H](C)[C@H]1C)C[C@@]1(CCCc2cc(C)ccc21)CO3. The molecule has 16 heteroatoms. The Hall–Kier alpha value is -5.22. The number of fused-ring (bicyclic) bond motifs is 4. The van der Waals surface area contributed by atoms with Crippen molar-refractivity contribution in [2.45, 2.75) is 102 Å². The summed E-state index contributed by atoms with van der Waals surface area (Å²) in [6.45, 7) is 13.2. The Labute approximate surface area is 378 Å². The molecule has 3 heterocycles. The number of nitrogens with zero attached hydrogens (tertiary/aromatic N) is 5. The molecule has 346 valence electrons. The molecule has 1 saturated carbocycles. The lowest BCUT2D eigenvalue weighted by molar-refractivity contribution is -0.155. The van der Waals surface area contributed by atoms with E-state index in [1.54, 1.807) is 39.2 Å². The predicted molar refractivity (Wildman–Crippen MR) is 246 cm³/mol. The zero-order chi connectivity index (χ0) is 46.1. The number of carbonyl (C=O) groups is 4. The highest BCUT2D eigenvalue weighted by Crippen LogP contribution is 2.47. The van der Waals surface area contributed by atoms with Crippen LogP contribution in [0.2, 0.25) is 0 Å². The van der Waals surface area contributed by atoms with E-state index in [9.17, 15) is 19.2 Å². The molecule has 0 saturated heterocycles. The number of methoxy groups -OCH3 is 1. The fourth-order valence-electron chi connectivity index (χ4n) is 9.43. The lowest BCUT2D eigenvalue weighted by atomic mass is 9.68. The van der Waals surface area contributed by atoms with Gasteiger partial charge in [-0.15, -0.1) is 9.46 Å². The second-order valence-electron chi connectivity index (χ2n) is 19.4. The van der Waals surface area contributed by atoms with Gasteiger partial charge in [0.1, 0.15) is 33.9 Å². The molecule has 1 aromatic heterocycles. The number of aryl methyl sites for hydroxylation is 3. The van der Waals surface area contributed by atoms with Crippen molar-refractivity contribution in [2.75, 3.05) is 51.8 Å². The molecule has 1 fully saturated rings. The fraction of sp³-hybridized carbons (Fsp3) is 0.562.